The molecule has 0 aliphatic carbocycles. The fraction of sp³-hybridized carbons (Fsp3) is 0.188. The van der Waals surface area contributed by atoms with Crippen LogP contribution < -0.4 is 5.32 Å². The number of hydrogen-bond donors (Lipinski definition) is 1. The minimum atomic E-state index is 0.0240. The van der Waals surface area contributed by atoms with Gasteiger partial charge in [0, 0.05) is 35.4 Å². The van der Waals surface area contributed by atoms with Crippen molar-refractivity contribution in [2.75, 3.05) is 5.32 Å². The van der Waals surface area contributed by atoms with Crippen LogP contribution >= 0.6 is 22.9 Å². The predicted molar refractivity (Wildman–Crippen MR) is 89.2 cm³/mol. The Morgan fingerprint density at radius 2 is 2.14 bits per heavy atom. The van der Waals surface area contributed by atoms with E-state index in [1.54, 1.807) is 0 Å². The summed E-state index contributed by atoms with van der Waals surface area (Å²) in [5.74, 6) is 0.0240. The number of nitrogens with one attached hydrogen (secondary N) is 1. The zero-order valence-electron chi connectivity index (χ0n) is 11.6. The Labute approximate surface area is 132 Å². The van der Waals surface area contributed by atoms with Crippen molar-refractivity contribution in [3.8, 4) is 0 Å². The maximum atomic E-state index is 12.1. The molecule has 1 amide bonds. The summed E-state index contributed by atoms with van der Waals surface area (Å²) in [6, 6.07) is 11.8. The molecule has 108 valence electrons. The summed E-state index contributed by atoms with van der Waals surface area (Å²) < 4.78 is 2.80. The molecule has 0 saturated carbocycles. The molecule has 0 bridgehead atoms. The van der Waals surface area contributed by atoms with Gasteiger partial charge in [0.2, 0.25) is 5.91 Å². The number of aryl methyl sites for hydroxylation is 2. The predicted octanol–water partition coefficient (Wildman–Crippen LogP) is 4.46. The number of fused-ring (bicyclic) bond motifs is 1. The number of nitrogens with zero attached hydrogens (tertiary/aromatic N) is 1. The summed E-state index contributed by atoms with van der Waals surface area (Å²) in [4.78, 5) is 13.2. The first-order valence-electron chi connectivity index (χ1n) is 6.71. The molecule has 0 aliphatic rings. The van der Waals surface area contributed by atoms with Crippen LogP contribution in [-0.4, -0.2) is 10.5 Å². The second-order valence-corrected chi connectivity index (χ2v) is 6.72. The largest absolute Gasteiger partial charge is 0.350 e. The minimum absolute atomic E-state index is 0.0240. The lowest BCUT2D eigenvalue weighted by Crippen LogP contribution is -2.12. The quantitative estimate of drug-likeness (QED) is 0.757. The van der Waals surface area contributed by atoms with E-state index in [2.05, 4.69) is 5.32 Å². The first kappa shape index (κ1) is 14.2. The first-order valence-corrected chi connectivity index (χ1v) is 7.91. The van der Waals surface area contributed by atoms with Crippen LogP contribution in [0.3, 0.4) is 0 Å². The second kappa shape index (κ2) is 5.92. The summed E-state index contributed by atoms with van der Waals surface area (Å²) in [6.45, 7) is 0. The van der Waals surface area contributed by atoms with E-state index < -0.39 is 0 Å². The highest BCUT2D eigenvalue weighted by Crippen LogP contribution is 2.25. The van der Waals surface area contributed by atoms with Gasteiger partial charge in [0.05, 0.1) is 10.0 Å². The molecule has 5 heteroatoms. The lowest BCUT2D eigenvalue weighted by Gasteiger charge is -2.07. The molecular formula is C16H15ClN2OS. The van der Waals surface area contributed by atoms with E-state index in [0.29, 0.717) is 12.8 Å². The highest BCUT2D eigenvalue weighted by Gasteiger charge is 2.08. The zero-order valence-corrected chi connectivity index (χ0v) is 13.2. The van der Waals surface area contributed by atoms with E-state index in [1.807, 2.05) is 54.2 Å². The lowest BCUT2D eigenvalue weighted by atomic mass is 10.2. The van der Waals surface area contributed by atoms with E-state index >= 15 is 0 Å². The van der Waals surface area contributed by atoms with Gasteiger partial charge in [-0.15, -0.1) is 11.3 Å². The number of hydrogen-bond acceptors (Lipinski definition) is 2. The highest BCUT2D eigenvalue weighted by atomic mass is 35.5. The summed E-state index contributed by atoms with van der Waals surface area (Å²) in [5, 5.41) is 4.06. The van der Waals surface area contributed by atoms with Crippen molar-refractivity contribution in [3.05, 3.63) is 51.8 Å². The Hall–Kier alpha value is -1.78. The van der Waals surface area contributed by atoms with E-state index in [-0.39, 0.29) is 5.91 Å². The second-order valence-electron chi connectivity index (χ2n) is 4.92. The molecule has 2 heterocycles. The van der Waals surface area contributed by atoms with Crippen LogP contribution in [0, 0.1) is 0 Å². The molecule has 0 atom stereocenters. The number of carbonyl (C=O) groups excluding carboxylic acids is 1. The third-order valence-corrected chi connectivity index (χ3v) is 4.72. The van der Waals surface area contributed by atoms with Crippen molar-refractivity contribution < 1.29 is 4.79 Å². The van der Waals surface area contributed by atoms with Crippen molar-refractivity contribution in [2.45, 2.75) is 12.8 Å². The Kier molecular flexibility index (Phi) is 3.99. The highest BCUT2D eigenvalue weighted by molar-refractivity contribution is 7.16. The van der Waals surface area contributed by atoms with Gasteiger partial charge in [-0.05, 0) is 36.8 Å². The van der Waals surface area contributed by atoms with Gasteiger partial charge in [-0.25, -0.2) is 0 Å². The van der Waals surface area contributed by atoms with E-state index in [4.69, 9.17) is 11.6 Å². The Balaban J connectivity index is 1.69. The molecule has 3 rings (SSSR count). The van der Waals surface area contributed by atoms with Gasteiger partial charge in [-0.2, -0.15) is 0 Å². The van der Waals surface area contributed by atoms with Crippen molar-refractivity contribution >= 4 is 45.4 Å². The molecule has 1 N–H and O–H groups in total. The number of amides is 1. The molecule has 0 aliphatic heterocycles. The maximum Gasteiger partial charge on any atom is 0.224 e. The summed E-state index contributed by atoms with van der Waals surface area (Å²) in [6.07, 6.45) is 3.17. The Bertz CT molecular complexity index is 791. The van der Waals surface area contributed by atoms with Gasteiger partial charge >= 0.3 is 0 Å². The van der Waals surface area contributed by atoms with E-state index in [0.717, 1.165) is 25.8 Å². The molecule has 1 aromatic carbocycles. The smallest absolute Gasteiger partial charge is 0.224 e. The van der Waals surface area contributed by atoms with Gasteiger partial charge in [-0.1, -0.05) is 17.7 Å². The fourth-order valence-electron chi connectivity index (χ4n) is 2.35. The zero-order chi connectivity index (χ0) is 14.8. The molecule has 2 aromatic heterocycles. The summed E-state index contributed by atoms with van der Waals surface area (Å²) >= 11 is 7.41. The number of rotatable bonds is 4. The number of carbonyl (C=O) groups is 1. The normalized spacial score (nSPS) is 11.0. The maximum absolute atomic E-state index is 12.1. The molecule has 3 aromatic rings. The van der Waals surface area contributed by atoms with Crippen LogP contribution in [0.15, 0.2) is 42.6 Å². The summed E-state index contributed by atoms with van der Waals surface area (Å²) in [5.41, 5.74) is 1.97. The average molecular weight is 319 g/mol. The Morgan fingerprint density at radius 1 is 1.29 bits per heavy atom. The van der Waals surface area contributed by atoms with Crippen molar-refractivity contribution in [2.24, 2.45) is 7.05 Å². The molecule has 0 fully saturated rings. The molecule has 0 saturated heterocycles. The third-order valence-electron chi connectivity index (χ3n) is 3.43. The van der Waals surface area contributed by atoms with Gasteiger partial charge in [0.1, 0.15) is 0 Å². The van der Waals surface area contributed by atoms with Crippen molar-refractivity contribution in [1.29, 1.82) is 0 Å². The number of halogens is 1. The van der Waals surface area contributed by atoms with Crippen LogP contribution in [-0.2, 0) is 18.3 Å². The standard InChI is InChI=1S/C16H15ClN2OS/c1-19-10-9-12-13(3-2-4-14(12)19)18-16(20)8-6-11-5-7-15(17)21-11/h2-5,7,9-10H,6,8H2,1H3,(H,18,20). The molecule has 0 unspecified atom stereocenters. The molecule has 21 heavy (non-hydrogen) atoms. The fourth-order valence-corrected chi connectivity index (χ4v) is 3.43. The number of benzene rings is 1. The molecule has 0 spiro atoms. The number of aromatic nitrogens is 1. The van der Waals surface area contributed by atoms with E-state index in [9.17, 15) is 4.79 Å². The van der Waals surface area contributed by atoms with Gasteiger partial charge in [-0.3, -0.25) is 4.79 Å². The number of thiophene rings is 1. The Morgan fingerprint density at radius 3 is 2.90 bits per heavy atom. The molecule has 0 radical (unpaired) electrons. The van der Waals surface area contributed by atoms with Crippen molar-refractivity contribution in [1.82, 2.24) is 4.57 Å². The van der Waals surface area contributed by atoms with Gasteiger partial charge in [0.25, 0.3) is 0 Å². The molecular weight excluding hydrogens is 304 g/mol. The molecule has 3 nitrogen and oxygen atoms in total. The van der Waals surface area contributed by atoms with Crippen LogP contribution in [0.25, 0.3) is 10.9 Å². The summed E-state index contributed by atoms with van der Waals surface area (Å²) in [7, 11) is 1.99. The first-order chi connectivity index (χ1) is 10.1. The lowest BCUT2D eigenvalue weighted by molar-refractivity contribution is -0.116. The monoisotopic (exact) mass is 318 g/mol. The van der Waals surface area contributed by atoms with Crippen molar-refractivity contribution in [3.63, 3.8) is 0 Å². The van der Waals surface area contributed by atoms with Gasteiger partial charge in [0.15, 0.2) is 0 Å². The van der Waals surface area contributed by atoms with Crippen LogP contribution in [0.4, 0.5) is 5.69 Å². The average Bonchev–Trinajstić information content (AvgIpc) is 3.04. The minimum Gasteiger partial charge on any atom is -0.350 e. The van der Waals surface area contributed by atoms with Crippen LogP contribution in [0.2, 0.25) is 4.34 Å². The SMILES string of the molecule is Cn1ccc2c(NC(=O)CCc3ccc(Cl)s3)cccc21. The topological polar surface area (TPSA) is 34.0 Å². The number of anilines is 1. The van der Waals surface area contributed by atoms with Crippen LogP contribution in [0.1, 0.15) is 11.3 Å². The van der Waals surface area contributed by atoms with E-state index in [1.165, 1.54) is 11.3 Å². The van der Waals surface area contributed by atoms with Crippen LogP contribution in [0.5, 0.6) is 0 Å². The third kappa shape index (κ3) is 3.12. The van der Waals surface area contributed by atoms with Gasteiger partial charge < -0.3 is 9.88 Å².